The first-order valence-electron chi connectivity index (χ1n) is 10.7. The highest BCUT2D eigenvalue weighted by molar-refractivity contribution is 5.69. The van der Waals surface area contributed by atoms with Crippen LogP contribution in [0, 0.1) is 5.82 Å². The number of aromatic nitrogens is 1. The first-order chi connectivity index (χ1) is 14.2. The maximum Gasteiger partial charge on any atom is 0.134 e. The van der Waals surface area contributed by atoms with Crippen LogP contribution >= 0.6 is 0 Å². The molecular formula is C26H30FNO. The van der Waals surface area contributed by atoms with Gasteiger partial charge >= 0.3 is 0 Å². The van der Waals surface area contributed by atoms with Gasteiger partial charge < -0.3 is 4.74 Å². The van der Waals surface area contributed by atoms with E-state index in [9.17, 15) is 4.39 Å². The van der Waals surface area contributed by atoms with Gasteiger partial charge in [-0.05, 0) is 48.6 Å². The fraction of sp³-hybridized carbons (Fsp3) is 0.346. The van der Waals surface area contributed by atoms with Crippen LogP contribution in [0.15, 0.2) is 60.8 Å². The minimum absolute atomic E-state index is 0.260. The van der Waals surface area contributed by atoms with Gasteiger partial charge in [0.25, 0.3) is 0 Å². The number of unbranched alkanes of at least 4 members (excludes halogenated alkanes) is 3. The van der Waals surface area contributed by atoms with Crippen LogP contribution in [0.5, 0.6) is 5.75 Å². The molecule has 0 aliphatic heterocycles. The van der Waals surface area contributed by atoms with Crippen LogP contribution in [-0.4, -0.2) is 11.6 Å². The zero-order valence-electron chi connectivity index (χ0n) is 17.5. The first kappa shape index (κ1) is 21.0. The zero-order chi connectivity index (χ0) is 20.5. The Balaban J connectivity index is 1.68. The summed E-state index contributed by atoms with van der Waals surface area (Å²) in [5.74, 6) is 0.329. The van der Waals surface area contributed by atoms with E-state index in [4.69, 9.17) is 4.74 Å². The summed E-state index contributed by atoms with van der Waals surface area (Å²) in [6.45, 7) is 4.98. The Bertz CT molecular complexity index is 888. The first-order valence-corrected chi connectivity index (χ1v) is 10.7. The molecule has 0 fully saturated rings. The smallest absolute Gasteiger partial charge is 0.134 e. The highest BCUT2D eigenvalue weighted by Gasteiger charge is 2.08. The van der Waals surface area contributed by atoms with Crippen molar-refractivity contribution in [3.63, 3.8) is 0 Å². The van der Waals surface area contributed by atoms with E-state index in [2.05, 4.69) is 31.0 Å². The molecule has 3 heteroatoms. The predicted octanol–water partition coefficient (Wildman–Crippen LogP) is 7.47. The van der Waals surface area contributed by atoms with E-state index in [0.29, 0.717) is 17.9 Å². The number of pyridine rings is 1. The SMILES string of the molecule is CCCCCOc1ccc(-c2ccc(-c3ccc(CCCC)cn3)cc2)c(F)c1. The van der Waals surface area contributed by atoms with Crippen molar-refractivity contribution in [2.24, 2.45) is 0 Å². The van der Waals surface area contributed by atoms with E-state index in [1.165, 1.54) is 24.5 Å². The average molecular weight is 392 g/mol. The Morgan fingerprint density at radius 3 is 2.24 bits per heavy atom. The molecule has 152 valence electrons. The molecule has 0 spiro atoms. The fourth-order valence-corrected chi connectivity index (χ4v) is 3.31. The number of ether oxygens (including phenoxy) is 1. The Morgan fingerprint density at radius 1 is 0.828 bits per heavy atom. The monoisotopic (exact) mass is 391 g/mol. The van der Waals surface area contributed by atoms with Crippen LogP contribution in [0.1, 0.15) is 51.5 Å². The molecule has 0 aliphatic carbocycles. The number of hydrogen-bond acceptors (Lipinski definition) is 2. The van der Waals surface area contributed by atoms with Crippen LogP contribution in [0.2, 0.25) is 0 Å². The van der Waals surface area contributed by atoms with Crippen molar-refractivity contribution in [3.05, 3.63) is 72.2 Å². The van der Waals surface area contributed by atoms with Gasteiger partial charge in [-0.1, -0.05) is 63.4 Å². The van der Waals surface area contributed by atoms with E-state index in [1.54, 1.807) is 6.07 Å². The third kappa shape index (κ3) is 5.90. The second-order valence-electron chi connectivity index (χ2n) is 7.43. The molecule has 1 aromatic heterocycles. The Morgan fingerprint density at radius 2 is 1.59 bits per heavy atom. The normalized spacial score (nSPS) is 10.9. The van der Waals surface area contributed by atoms with E-state index >= 15 is 0 Å². The molecule has 3 aromatic rings. The molecule has 1 heterocycles. The van der Waals surface area contributed by atoms with Gasteiger partial charge in [-0.25, -0.2) is 4.39 Å². The number of aryl methyl sites for hydroxylation is 1. The minimum atomic E-state index is -0.260. The fourth-order valence-electron chi connectivity index (χ4n) is 3.31. The number of halogens is 1. The highest BCUT2D eigenvalue weighted by atomic mass is 19.1. The summed E-state index contributed by atoms with van der Waals surface area (Å²) in [7, 11) is 0. The molecule has 2 nitrogen and oxygen atoms in total. The van der Waals surface area contributed by atoms with Crippen molar-refractivity contribution in [2.45, 2.75) is 52.4 Å². The lowest BCUT2D eigenvalue weighted by atomic mass is 10.0. The van der Waals surface area contributed by atoms with Gasteiger partial charge in [0.1, 0.15) is 11.6 Å². The molecule has 0 saturated carbocycles. The van der Waals surface area contributed by atoms with Gasteiger partial charge in [0, 0.05) is 23.4 Å². The number of benzene rings is 2. The number of rotatable bonds is 10. The minimum Gasteiger partial charge on any atom is -0.493 e. The summed E-state index contributed by atoms with van der Waals surface area (Å²) in [5.41, 5.74) is 4.68. The summed E-state index contributed by atoms with van der Waals surface area (Å²) >= 11 is 0. The van der Waals surface area contributed by atoms with E-state index in [0.717, 1.165) is 42.5 Å². The molecule has 3 rings (SSSR count). The summed E-state index contributed by atoms with van der Waals surface area (Å²) in [5, 5.41) is 0. The number of nitrogens with zero attached hydrogens (tertiary/aromatic N) is 1. The van der Waals surface area contributed by atoms with Crippen LogP contribution in [0.3, 0.4) is 0 Å². The molecule has 2 aromatic carbocycles. The molecule has 0 amide bonds. The van der Waals surface area contributed by atoms with Crippen molar-refractivity contribution in [2.75, 3.05) is 6.61 Å². The van der Waals surface area contributed by atoms with Gasteiger partial charge in [-0.3, -0.25) is 4.98 Å². The Labute approximate surface area is 173 Å². The molecule has 0 unspecified atom stereocenters. The molecule has 0 bridgehead atoms. The molecule has 29 heavy (non-hydrogen) atoms. The quantitative estimate of drug-likeness (QED) is 0.334. The van der Waals surface area contributed by atoms with E-state index in [-0.39, 0.29) is 5.82 Å². The topological polar surface area (TPSA) is 22.1 Å². The van der Waals surface area contributed by atoms with Gasteiger partial charge in [-0.15, -0.1) is 0 Å². The van der Waals surface area contributed by atoms with Crippen molar-refractivity contribution < 1.29 is 9.13 Å². The largest absolute Gasteiger partial charge is 0.493 e. The molecule has 0 aliphatic rings. The number of hydrogen-bond donors (Lipinski definition) is 0. The Hall–Kier alpha value is -2.68. The molecule has 0 atom stereocenters. The maximum absolute atomic E-state index is 14.6. The van der Waals surface area contributed by atoms with Crippen molar-refractivity contribution >= 4 is 0 Å². The molecule has 0 N–H and O–H groups in total. The maximum atomic E-state index is 14.6. The summed E-state index contributed by atoms with van der Waals surface area (Å²) in [6, 6.07) is 17.2. The van der Waals surface area contributed by atoms with Crippen LogP contribution in [-0.2, 0) is 6.42 Å². The molecule has 0 radical (unpaired) electrons. The predicted molar refractivity (Wildman–Crippen MR) is 119 cm³/mol. The molecular weight excluding hydrogens is 361 g/mol. The summed E-state index contributed by atoms with van der Waals surface area (Å²) in [6.07, 6.45) is 8.66. The standard InChI is InChI=1S/C26H30FNO/c1-3-5-7-17-29-23-14-15-24(25(27)18-23)21-10-12-22(13-11-21)26-16-9-20(19-28-26)8-6-4-2/h9-16,18-19H,3-8,17H2,1-2H3. The van der Waals surface area contributed by atoms with Crippen LogP contribution in [0.4, 0.5) is 4.39 Å². The summed E-state index contributed by atoms with van der Waals surface area (Å²) < 4.78 is 20.2. The lowest BCUT2D eigenvalue weighted by molar-refractivity contribution is 0.305. The lowest BCUT2D eigenvalue weighted by Crippen LogP contribution is -1.97. The van der Waals surface area contributed by atoms with Crippen LogP contribution < -0.4 is 4.74 Å². The highest BCUT2D eigenvalue weighted by Crippen LogP contribution is 2.28. The average Bonchev–Trinajstić information content (AvgIpc) is 2.76. The van der Waals surface area contributed by atoms with E-state index < -0.39 is 0 Å². The van der Waals surface area contributed by atoms with Gasteiger partial charge in [0.05, 0.1) is 12.3 Å². The third-order valence-electron chi connectivity index (χ3n) is 5.09. The van der Waals surface area contributed by atoms with Crippen LogP contribution in [0.25, 0.3) is 22.4 Å². The van der Waals surface area contributed by atoms with Gasteiger partial charge in [-0.2, -0.15) is 0 Å². The third-order valence-corrected chi connectivity index (χ3v) is 5.09. The second-order valence-corrected chi connectivity index (χ2v) is 7.43. The zero-order valence-corrected chi connectivity index (χ0v) is 17.5. The van der Waals surface area contributed by atoms with E-state index in [1.807, 2.05) is 36.5 Å². The summed E-state index contributed by atoms with van der Waals surface area (Å²) in [4.78, 5) is 4.58. The van der Waals surface area contributed by atoms with Crippen molar-refractivity contribution in [3.8, 4) is 28.1 Å². The lowest BCUT2D eigenvalue weighted by Gasteiger charge is -2.09. The second kappa shape index (κ2) is 10.8. The van der Waals surface area contributed by atoms with Gasteiger partial charge in [0.2, 0.25) is 0 Å². The Kier molecular flexibility index (Phi) is 7.80. The van der Waals surface area contributed by atoms with Crippen molar-refractivity contribution in [1.82, 2.24) is 4.98 Å². The molecule has 0 saturated heterocycles. The van der Waals surface area contributed by atoms with Crippen molar-refractivity contribution in [1.29, 1.82) is 0 Å². The van der Waals surface area contributed by atoms with Gasteiger partial charge in [0.15, 0.2) is 0 Å².